The van der Waals surface area contributed by atoms with E-state index < -0.39 is 0 Å². The lowest BCUT2D eigenvalue weighted by Crippen LogP contribution is -1.96. The predicted molar refractivity (Wildman–Crippen MR) is 110 cm³/mol. The van der Waals surface area contributed by atoms with Crippen LogP contribution < -0.4 is 16.2 Å². The average Bonchev–Trinajstić information content (AvgIpc) is 2.71. The van der Waals surface area contributed by atoms with Crippen LogP contribution in [-0.4, -0.2) is 4.98 Å². The Morgan fingerprint density at radius 3 is 2.11 bits per heavy atom. The number of anilines is 2. The molecule has 0 bridgehead atoms. The van der Waals surface area contributed by atoms with E-state index in [0.717, 1.165) is 33.9 Å². The van der Waals surface area contributed by atoms with Crippen LogP contribution in [0.4, 0.5) is 11.4 Å². The van der Waals surface area contributed by atoms with Crippen molar-refractivity contribution in [3.05, 3.63) is 91.1 Å². The second kappa shape index (κ2) is 7.22. The summed E-state index contributed by atoms with van der Waals surface area (Å²) in [6.45, 7) is 0. The fraction of sp³-hybridized carbons (Fsp3) is 0. The molecule has 4 nitrogen and oxygen atoms in total. The summed E-state index contributed by atoms with van der Waals surface area (Å²) < 4.78 is 6.07. The third kappa shape index (κ3) is 3.60. The lowest BCUT2D eigenvalue weighted by atomic mass is 10.0. The maximum atomic E-state index is 6.13. The summed E-state index contributed by atoms with van der Waals surface area (Å²) in [7, 11) is 0. The summed E-state index contributed by atoms with van der Waals surface area (Å²) in [5.41, 5.74) is 17.0. The number of benzene rings is 3. The number of nitrogens with zero attached hydrogens (tertiary/aromatic N) is 1. The van der Waals surface area contributed by atoms with Gasteiger partial charge in [0, 0.05) is 17.3 Å². The largest absolute Gasteiger partial charge is 0.457 e. The maximum absolute atomic E-state index is 6.13. The average molecular weight is 353 g/mol. The van der Waals surface area contributed by atoms with Gasteiger partial charge in [0.25, 0.3) is 0 Å². The number of hydrogen-bond acceptors (Lipinski definition) is 4. The van der Waals surface area contributed by atoms with Gasteiger partial charge >= 0.3 is 0 Å². The zero-order chi connectivity index (χ0) is 18.6. The normalized spacial score (nSPS) is 10.5. The molecule has 4 N–H and O–H groups in total. The van der Waals surface area contributed by atoms with E-state index in [1.165, 1.54) is 0 Å². The maximum Gasteiger partial charge on any atom is 0.128 e. The van der Waals surface area contributed by atoms with Crippen LogP contribution in [0.25, 0.3) is 22.4 Å². The van der Waals surface area contributed by atoms with Gasteiger partial charge in [0.1, 0.15) is 11.5 Å². The van der Waals surface area contributed by atoms with Crippen LogP contribution in [-0.2, 0) is 0 Å². The monoisotopic (exact) mass is 353 g/mol. The first kappa shape index (κ1) is 16.7. The van der Waals surface area contributed by atoms with Crippen LogP contribution >= 0.6 is 0 Å². The molecule has 4 rings (SSSR count). The van der Waals surface area contributed by atoms with E-state index in [1.54, 1.807) is 12.3 Å². The Hall–Kier alpha value is -3.79. The second-order valence-electron chi connectivity index (χ2n) is 6.18. The van der Waals surface area contributed by atoms with Crippen molar-refractivity contribution < 1.29 is 4.74 Å². The summed E-state index contributed by atoms with van der Waals surface area (Å²) in [5.74, 6) is 1.48. The first-order chi connectivity index (χ1) is 13.2. The summed E-state index contributed by atoms with van der Waals surface area (Å²) in [4.78, 5) is 4.39. The minimum atomic E-state index is 0.571. The molecule has 3 aromatic carbocycles. The molecule has 0 fully saturated rings. The van der Waals surface area contributed by atoms with Gasteiger partial charge in [-0.2, -0.15) is 0 Å². The summed E-state index contributed by atoms with van der Waals surface area (Å²) >= 11 is 0. The summed E-state index contributed by atoms with van der Waals surface area (Å²) in [6, 6.07) is 27.2. The Morgan fingerprint density at radius 1 is 0.667 bits per heavy atom. The minimum Gasteiger partial charge on any atom is -0.457 e. The highest BCUT2D eigenvalue weighted by atomic mass is 16.5. The van der Waals surface area contributed by atoms with Gasteiger partial charge < -0.3 is 16.2 Å². The number of nitrogen functional groups attached to an aromatic ring is 2. The first-order valence-corrected chi connectivity index (χ1v) is 8.64. The van der Waals surface area contributed by atoms with Gasteiger partial charge in [-0.25, -0.2) is 0 Å². The van der Waals surface area contributed by atoms with Crippen LogP contribution in [0.3, 0.4) is 0 Å². The molecule has 0 atom stereocenters. The highest BCUT2D eigenvalue weighted by Gasteiger charge is 2.07. The molecule has 4 heteroatoms. The van der Waals surface area contributed by atoms with Crippen molar-refractivity contribution in [3.8, 4) is 33.9 Å². The van der Waals surface area contributed by atoms with Crippen molar-refractivity contribution in [1.82, 2.24) is 4.98 Å². The Morgan fingerprint density at radius 2 is 1.37 bits per heavy atom. The highest BCUT2D eigenvalue weighted by molar-refractivity contribution is 5.84. The van der Waals surface area contributed by atoms with Crippen molar-refractivity contribution in [2.45, 2.75) is 0 Å². The molecule has 0 saturated carbocycles. The zero-order valence-corrected chi connectivity index (χ0v) is 14.7. The van der Waals surface area contributed by atoms with Crippen LogP contribution in [0.15, 0.2) is 91.1 Å². The number of rotatable bonds is 4. The molecule has 132 valence electrons. The van der Waals surface area contributed by atoms with Gasteiger partial charge in [-0.05, 0) is 48.0 Å². The predicted octanol–water partition coefficient (Wildman–Crippen LogP) is 5.37. The van der Waals surface area contributed by atoms with Crippen molar-refractivity contribution in [1.29, 1.82) is 0 Å². The van der Waals surface area contributed by atoms with Crippen molar-refractivity contribution in [2.24, 2.45) is 0 Å². The molecule has 0 saturated heterocycles. The molecule has 0 radical (unpaired) electrons. The molecule has 0 aliphatic carbocycles. The van der Waals surface area contributed by atoms with Gasteiger partial charge in [-0.1, -0.05) is 42.5 Å². The van der Waals surface area contributed by atoms with Crippen LogP contribution in [0, 0.1) is 0 Å². The third-order valence-corrected chi connectivity index (χ3v) is 4.32. The number of aromatic nitrogens is 1. The topological polar surface area (TPSA) is 74.2 Å². The summed E-state index contributed by atoms with van der Waals surface area (Å²) in [5, 5.41) is 0. The van der Waals surface area contributed by atoms with Gasteiger partial charge in [-0.15, -0.1) is 0 Å². The molecule has 4 aromatic rings. The van der Waals surface area contributed by atoms with Gasteiger partial charge in [-0.3, -0.25) is 4.98 Å². The van der Waals surface area contributed by atoms with Gasteiger partial charge in [0.15, 0.2) is 0 Å². The van der Waals surface area contributed by atoms with Crippen molar-refractivity contribution in [2.75, 3.05) is 11.5 Å². The SMILES string of the molecule is Nc1cccc(-c2cccc(Oc3cccc(-c4ccccn4)c3)c2)c1N. The third-order valence-electron chi connectivity index (χ3n) is 4.32. The Balaban J connectivity index is 1.63. The van der Waals surface area contributed by atoms with Gasteiger partial charge in [0.05, 0.1) is 17.1 Å². The molecule has 1 aromatic heterocycles. The molecule has 27 heavy (non-hydrogen) atoms. The molecule has 0 aliphatic heterocycles. The van der Waals surface area contributed by atoms with E-state index in [9.17, 15) is 0 Å². The Kier molecular flexibility index (Phi) is 4.45. The van der Waals surface area contributed by atoms with Crippen molar-refractivity contribution >= 4 is 11.4 Å². The quantitative estimate of drug-likeness (QED) is 0.484. The van der Waals surface area contributed by atoms with E-state index in [-0.39, 0.29) is 0 Å². The summed E-state index contributed by atoms with van der Waals surface area (Å²) in [6.07, 6.45) is 1.78. The minimum absolute atomic E-state index is 0.571. The molecule has 0 amide bonds. The fourth-order valence-corrected chi connectivity index (χ4v) is 2.95. The molecule has 1 heterocycles. The lowest BCUT2D eigenvalue weighted by molar-refractivity contribution is 0.483. The molecule has 0 spiro atoms. The first-order valence-electron chi connectivity index (χ1n) is 8.64. The smallest absolute Gasteiger partial charge is 0.128 e. The Labute approximate surface area is 158 Å². The number of pyridine rings is 1. The Bertz CT molecular complexity index is 1080. The number of nitrogens with two attached hydrogens (primary N) is 2. The number of hydrogen-bond donors (Lipinski definition) is 2. The fourth-order valence-electron chi connectivity index (χ4n) is 2.95. The van der Waals surface area contributed by atoms with E-state index in [1.807, 2.05) is 78.9 Å². The standard InChI is InChI=1S/C23H19N3O/c24-21-11-5-10-20(23(21)25)16-6-3-8-18(14-16)27-19-9-4-7-17(15-19)22-12-1-2-13-26-22/h1-15H,24-25H2. The molecular formula is C23H19N3O. The van der Waals surface area contributed by atoms with E-state index in [4.69, 9.17) is 16.2 Å². The van der Waals surface area contributed by atoms with Crippen LogP contribution in [0.5, 0.6) is 11.5 Å². The van der Waals surface area contributed by atoms with E-state index in [2.05, 4.69) is 4.98 Å². The van der Waals surface area contributed by atoms with Gasteiger partial charge in [0.2, 0.25) is 0 Å². The van der Waals surface area contributed by atoms with Crippen LogP contribution in [0.2, 0.25) is 0 Å². The molecule has 0 unspecified atom stereocenters. The molecular weight excluding hydrogens is 334 g/mol. The second-order valence-corrected chi connectivity index (χ2v) is 6.18. The number of ether oxygens (including phenoxy) is 1. The van der Waals surface area contributed by atoms with Crippen molar-refractivity contribution in [3.63, 3.8) is 0 Å². The zero-order valence-electron chi connectivity index (χ0n) is 14.7. The van der Waals surface area contributed by atoms with E-state index in [0.29, 0.717) is 11.4 Å². The molecule has 0 aliphatic rings. The highest BCUT2D eigenvalue weighted by Crippen LogP contribution is 2.33. The van der Waals surface area contributed by atoms with Crippen LogP contribution in [0.1, 0.15) is 0 Å². The van der Waals surface area contributed by atoms with E-state index >= 15 is 0 Å². The lowest BCUT2D eigenvalue weighted by Gasteiger charge is -2.11. The number of para-hydroxylation sites is 1.